The van der Waals surface area contributed by atoms with Crippen molar-refractivity contribution in [3.8, 4) is 0 Å². The third kappa shape index (κ3) is 26.4. The summed E-state index contributed by atoms with van der Waals surface area (Å²) in [5.74, 6) is -0.170. The number of rotatable bonds is 42. The molecule has 0 spiro atoms. The fourth-order valence-electron chi connectivity index (χ4n) is 10.7. The number of carbonyl (C=O) groups is 2. The lowest BCUT2D eigenvalue weighted by molar-refractivity contribution is -0.175. The predicted octanol–water partition coefficient (Wildman–Crippen LogP) is 18.0. The zero-order valence-electron chi connectivity index (χ0n) is 41.7. The average molecular weight is 830 g/mol. The van der Waals surface area contributed by atoms with Gasteiger partial charge in [0.15, 0.2) is 0 Å². The van der Waals surface area contributed by atoms with E-state index in [2.05, 4.69) is 53.4 Å². The number of Topliss-reactive ketones (excluding diaryl/α,β-unsaturated/α-hetero) is 1. The Morgan fingerprint density at radius 2 is 0.695 bits per heavy atom. The molecule has 1 heterocycles. The van der Waals surface area contributed by atoms with E-state index >= 15 is 0 Å². The first kappa shape index (κ1) is 56.1. The lowest BCUT2D eigenvalue weighted by Gasteiger charge is -2.55. The Morgan fingerprint density at radius 1 is 0.441 bits per heavy atom. The van der Waals surface area contributed by atoms with Gasteiger partial charge in [-0.05, 0) is 60.4 Å². The number of nitrogens with zero attached hydrogens (tertiary/aromatic N) is 1. The van der Waals surface area contributed by atoms with Gasteiger partial charge in [-0.25, -0.2) is 0 Å². The molecule has 1 saturated heterocycles. The van der Waals surface area contributed by atoms with Crippen LogP contribution < -0.4 is 0 Å². The highest BCUT2D eigenvalue weighted by Crippen LogP contribution is 2.42. The molecular weight excluding hydrogens is 723 g/mol. The van der Waals surface area contributed by atoms with Crippen molar-refractivity contribution in [1.82, 2.24) is 4.90 Å². The highest BCUT2D eigenvalue weighted by atomic mass is 16.5. The first-order valence-corrected chi connectivity index (χ1v) is 27.0. The van der Waals surface area contributed by atoms with E-state index in [-0.39, 0.29) is 28.9 Å². The van der Waals surface area contributed by atoms with Gasteiger partial charge in [0.2, 0.25) is 0 Å². The van der Waals surface area contributed by atoms with E-state index < -0.39 is 5.41 Å². The maximum Gasteiger partial charge on any atom is 0.319 e. The lowest BCUT2D eigenvalue weighted by atomic mass is 9.74. The van der Waals surface area contributed by atoms with Crippen LogP contribution in [0.2, 0.25) is 0 Å². The van der Waals surface area contributed by atoms with Crippen LogP contribution in [-0.2, 0) is 14.3 Å². The van der Waals surface area contributed by atoms with Crippen LogP contribution in [0.4, 0.5) is 0 Å². The zero-order valence-corrected chi connectivity index (χ0v) is 41.7. The molecule has 0 N–H and O–H groups in total. The van der Waals surface area contributed by atoms with E-state index in [4.69, 9.17) is 4.74 Å². The van der Waals surface area contributed by atoms with Crippen molar-refractivity contribution in [2.75, 3.05) is 6.54 Å². The first-order valence-electron chi connectivity index (χ1n) is 27.0. The molecule has 0 saturated carbocycles. The second-order valence-electron chi connectivity index (χ2n) is 21.0. The fourth-order valence-corrected chi connectivity index (χ4v) is 10.7. The van der Waals surface area contributed by atoms with Crippen molar-refractivity contribution in [3.63, 3.8) is 0 Å². The van der Waals surface area contributed by atoms with Gasteiger partial charge in [0.25, 0.3) is 0 Å². The number of hydrogen-bond acceptors (Lipinski definition) is 4. The molecule has 4 heteroatoms. The minimum Gasteiger partial charge on any atom is -0.461 e. The van der Waals surface area contributed by atoms with E-state index in [0.717, 1.165) is 45.1 Å². The monoisotopic (exact) mass is 830 g/mol. The van der Waals surface area contributed by atoms with Gasteiger partial charge in [-0.2, -0.15) is 0 Å². The number of esters is 1. The third-order valence-corrected chi connectivity index (χ3v) is 14.4. The van der Waals surface area contributed by atoms with Gasteiger partial charge in [-0.3, -0.25) is 14.5 Å². The summed E-state index contributed by atoms with van der Waals surface area (Å²) in [6.45, 7) is 19.0. The topological polar surface area (TPSA) is 46.6 Å². The number of unbranched alkanes of at least 4 members (excludes halogenated alkanes) is 33. The van der Waals surface area contributed by atoms with E-state index in [1.54, 1.807) is 6.92 Å². The van der Waals surface area contributed by atoms with Crippen LogP contribution in [0.15, 0.2) is 0 Å². The molecule has 1 aliphatic heterocycles. The molecule has 1 rings (SSSR count). The molecule has 0 amide bonds. The highest BCUT2D eigenvalue weighted by Gasteiger charge is 2.49. The molecule has 4 nitrogen and oxygen atoms in total. The third-order valence-electron chi connectivity index (χ3n) is 14.4. The van der Waals surface area contributed by atoms with Gasteiger partial charge in [-0.15, -0.1) is 0 Å². The maximum absolute atomic E-state index is 14.4. The van der Waals surface area contributed by atoms with Gasteiger partial charge < -0.3 is 4.74 Å². The second kappa shape index (κ2) is 35.5. The second-order valence-corrected chi connectivity index (χ2v) is 21.0. The number of ketones is 1. The Bertz CT molecular complexity index is 933. The maximum atomic E-state index is 14.4. The summed E-state index contributed by atoms with van der Waals surface area (Å²) in [7, 11) is 0. The van der Waals surface area contributed by atoms with Crippen LogP contribution in [0.3, 0.4) is 0 Å². The highest BCUT2D eigenvalue weighted by molar-refractivity contribution is 6.02. The summed E-state index contributed by atoms with van der Waals surface area (Å²) >= 11 is 0. The van der Waals surface area contributed by atoms with Gasteiger partial charge in [0, 0.05) is 23.9 Å². The molecule has 350 valence electrons. The van der Waals surface area contributed by atoms with Crippen LogP contribution >= 0.6 is 0 Å². The number of piperidine rings is 1. The van der Waals surface area contributed by atoms with Crippen molar-refractivity contribution >= 4 is 11.8 Å². The number of ether oxygens (including phenoxy) is 1. The van der Waals surface area contributed by atoms with Gasteiger partial charge in [0.1, 0.15) is 17.3 Å². The van der Waals surface area contributed by atoms with Crippen LogP contribution in [0, 0.1) is 5.41 Å². The van der Waals surface area contributed by atoms with E-state index in [1.165, 1.54) is 205 Å². The molecule has 59 heavy (non-hydrogen) atoms. The molecule has 0 radical (unpaired) electrons. The summed E-state index contributed by atoms with van der Waals surface area (Å²) in [5, 5.41) is 0. The van der Waals surface area contributed by atoms with Crippen LogP contribution in [-0.4, -0.2) is 40.4 Å². The standard InChI is InChI=1S/C55H107NO3/c1-9-12-15-18-20-22-24-26-28-30-32-34-36-38-40-42-45-55(50(4)57,46-43-41-39-37-35-33-31-29-27-25-23-21-19-16-13-10-2)52(58)59-51-48-53(5,6)56(54(7,8)49-51)47-44-17-14-11-3/h51H,9-49H2,1-8H3. The van der Waals surface area contributed by atoms with Crippen molar-refractivity contribution in [1.29, 1.82) is 0 Å². The molecule has 0 aromatic carbocycles. The lowest BCUT2D eigenvalue weighted by Crippen LogP contribution is -2.62. The van der Waals surface area contributed by atoms with Crippen molar-refractivity contribution in [2.45, 2.75) is 329 Å². The van der Waals surface area contributed by atoms with Crippen LogP contribution in [0.5, 0.6) is 0 Å². The summed E-state index contributed by atoms with van der Waals surface area (Å²) in [6, 6.07) is 0. The van der Waals surface area contributed by atoms with Crippen LogP contribution in [0.1, 0.15) is 312 Å². The molecule has 0 bridgehead atoms. The zero-order chi connectivity index (χ0) is 43.5. The summed E-state index contributed by atoms with van der Waals surface area (Å²) < 4.78 is 6.55. The predicted molar refractivity (Wildman–Crippen MR) is 260 cm³/mol. The Hall–Kier alpha value is -0.900. The van der Waals surface area contributed by atoms with E-state index in [9.17, 15) is 9.59 Å². The van der Waals surface area contributed by atoms with Crippen LogP contribution in [0.25, 0.3) is 0 Å². The van der Waals surface area contributed by atoms with Gasteiger partial charge in [-0.1, -0.05) is 245 Å². The minimum absolute atomic E-state index is 0.0382. The van der Waals surface area contributed by atoms with E-state index in [1.807, 2.05) is 0 Å². The molecular formula is C55H107NO3. The van der Waals surface area contributed by atoms with Gasteiger partial charge >= 0.3 is 5.97 Å². The summed E-state index contributed by atoms with van der Waals surface area (Å²) in [5.41, 5.74) is -1.10. The average Bonchev–Trinajstić information content (AvgIpc) is 3.18. The van der Waals surface area contributed by atoms with Gasteiger partial charge in [0.05, 0.1) is 0 Å². The Kier molecular flexibility index (Phi) is 33.8. The minimum atomic E-state index is -0.989. The summed E-state index contributed by atoms with van der Waals surface area (Å²) in [4.78, 5) is 30.8. The molecule has 0 unspecified atom stereocenters. The number of likely N-dealkylation sites (tertiary alicyclic amines) is 1. The molecule has 0 aromatic heterocycles. The molecule has 0 atom stereocenters. The largest absolute Gasteiger partial charge is 0.461 e. The fraction of sp³-hybridized carbons (Fsp3) is 0.964. The first-order chi connectivity index (χ1) is 28.5. The summed E-state index contributed by atoms with van der Waals surface area (Å²) in [6.07, 6.45) is 50.3. The Balaban J connectivity index is 2.63. The van der Waals surface area contributed by atoms with Crippen molar-refractivity contribution in [2.24, 2.45) is 5.41 Å². The number of hydrogen-bond donors (Lipinski definition) is 0. The Morgan fingerprint density at radius 3 is 0.966 bits per heavy atom. The normalized spacial score (nSPS) is 15.9. The van der Waals surface area contributed by atoms with Crippen molar-refractivity contribution < 1.29 is 14.3 Å². The smallest absolute Gasteiger partial charge is 0.319 e. The SMILES string of the molecule is CCCCCCCCCCCCCCCCCCC(CCCCCCCCCCCCCCCCCC)(C(C)=O)C(=O)OC1CC(C)(C)N(CCCCCC)C(C)(C)C1. The van der Waals surface area contributed by atoms with E-state index in [0.29, 0.717) is 12.8 Å². The number of carbonyl (C=O) groups excluding carboxylic acids is 2. The van der Waals surface area contributed by atoms with Crippen molar-refractivity contribution in [3.05, 3.63) is 0 Å². The molecule has 0 aromatic rings. The molecule has 1 aliphatic rings. The molecule has 0 aliphatic carbocycles. The Labute approximate surface area is 371 Å². The quantitative estimate of drug-likeness (QED) is 0.0349. The molecule has 1 fully saturated rings.